The number of hydrogen-bond donors (Lipinski definition) is 4. The van der Waals surface area contributed by atoms with Crippen LogP contribution in [0.25, 0.3) is 10.8 Å². The van der Waals surface area contributed by atoms with Gasteiger partial charge < -0.3 is 10.3 Å². The zero-order chi connectivity index (χ0) is 12.6. The highest BCUT2D eigenvalue weighted by molar-refractivity contribution is 7.86. The van der Waals surface area contributed by atoms with Crippen LogP contribution in [0.1, 0.15) is 0 Å². The molecule has 90 valence electrons. The zero-order valence-electron chi connectivity index (χ0n) is 8.53. The Kier molecular flexibility index (Phi) is 3.36. The van der Waals surface area contributed by atoms with Gasteiger partial charge in [0.15, 0.2) is 11.1 Å². The molecule has 1 atom stereocenters. The van der Waals surface area contributed by atoms with Gasteiger partial charge in [-0.3, -0.25) is 0 Å². The van der Waals surface area contributed by atoms with E-state index in [4.69, 9.17) is 10.3 Å². The fourth-order valence-electron chi connectivity index (χ4n) is 1.65. The van der Waals surface area contributed by atoms with Crippen molar-refractivity contribution >= 4 is 39.0 Å². The summed E-state index contributed by atoms with van der Waals surface area (Å²) in [4.78, 5) is 0.439. The van der Waals surface area contributed by atoms with Crippen LogP contribution < -0.4 is 5.73 Å². The molecule has 0 aliphatic carbocycles. The Bertz CT molecular complexity index is 600. The molecule has 17 heavy (non-hydrogen) atoms. The molecule has 5 N–H and O–H groups in total. The summed E-state index contributed by atoms with van der Waals surface area (Å²) in [5.41, 5.74) is 5.92. The maximum Gasteiger partial charge on any atom is 0.351 e. The van der Waals surface area contributed by atoms with E-state index in [2.05, 4.69) is 0 Å². The molecule has 0 saturated heterocycles. The first-order valence-corrected chi connectivity index (χ1v) is 6.81. The molecule has 0 spiro atoms. The van der Waals surface area contributed by atoms with E-state index in [9.17, 15) is 13.3 Å². The van der Waals surface area contributed by atoms with Crippen LogP contribution in [0.4, 0.5) is 5.69 Å². The Morgan fingerprint density at radius 3 is 2.47 bits per heavy atom. The van der Waals surface area contributed by atoms with Gasteiger partial charge in [-0.1, -0.05) is 12.1 Å². The maximum absolute atomic E-state index is 11.2. The van der Waals surface area contributed by atoms with Crippen LogP contribution in [0, 0.1) is 0 Å². The van der Waals surface area contributed by atoms with E-state index in [1.54, 1.807) is 18.2 Å². The van der Waals surface area contributed by atoms with Crippen molar-refractivity contribution < 1.29 is 17.9 Å². The second-order valence-electron chi connectivity index (χ2n) is 3.38. The smallest absolute Gasteiger partial charge is 0.351 e. The van der Waals surface area contributed by atoms with E-state index in [1.807, 2.05) is 0 Å². The first-order valence-electron chi connectivity index (χ1n) is 4.56. The van der Waals surface area contributed by atoms with Gasteiger partial charge in [-0.05, 0) is 12.1 Å². The largest absolute Gasteiger partial charge is 0.399 e. The van der Waals surface area contributed by atoms with E-state index >= 15 is 0 Å². The predicted octanol–water partition coefficient (Wildman–Crippen LogP) is 1.93. The molecule has 2 aromatic carbocycles. The lowest BCUT2D eigenvalue weighted by Gasteiger charge is -2.05. The van der Waals surface area contributed by atoms with Gasteiger partial charge in [0.25, 0.3) is 0 Å². The Morgan fingerprint density at radius 1 is 1.18 bits per heavy atom. The van der Waals surface area contributed by atoms with Gasteiger partial charge in [-0.15, -0.1) is 0 Å². The molecule has 0 aliphatic rings. The lowest BCUT2D eigenvalue weighted by Crippen LogP contribution is -2.01. The molecule has 2 aromatic rings. The highest BCUT2D eigenvalue weighted by atomic mass is 32.2. The first kappa shape index (κ1) is 12.3. The van der Waals surface area contributed by atoms with Crippen molar-refractivity contribution in [1.82, 2.24) is 0 Å². The Hall–Kier alpha value is -1.12. The van der Waals surface area contributed by atoms with Crippen LogP contribution in [0.3, 0.4) is 0 Å². The number of hydrogen-bond acceptors (Lipinski definition) is 4. The van der Waals surface area contributed by atoms with Crippen molar-refractivity contribution in [2.45, 2.75) is 9.79 Å². The topological polar surface area (TPSA) is 104 Å². The minimum Gasteiger partial charge on any atom is -0.399 e. The number of anilines is 1. The summed E-state index contributed by atoms with van der Waals surface area (Å²) in [5.74, 6) is 0. The minimum absolute atomic E-state index is 0.160. The van der Waals surface area contributed by atoms with E-state index in [-0.39, 0.29) is 9.79 Å². The summed E-state index contributed by atoms with van der Waals surface area (Å²) < 4.78 is 38.8. The highest BCUT2D eigenvalue weighted by Crippen LogP contribution is 2.29. The molecule has 1 unspecified atom stereocenters. The third kappa shape index (κ3) is 2.28. The normalized spacial score (nSPS) is 13.2. The summed E-state index contributed by atoms with van der Waals surface area (Å²) in [6.45, 7) is 0. The minimum atomic E-state index is -2.18. The van der Waals surface area contributed by atoms with Crippen molar-refractivity contribution in [1.29, 1.82) is 0 Å². The standard InChI is InChI=1S/C10H9NO4S2/c11-6-4-8-7(10(5-6)17(14)15)2-1-3-9(8)16(12)13/h1-5,12-13H,11H2/p+1. The molecule has 0 bridgehead atoms. The molecule has 0 fully saturated rings. The van der Waals surface area contributed by atoms with Crippen LogP contribution in [-0.4, -0.2) is 17.9 Å². The van der Waals surface area contributed by atoms with Gasteiger partial charge in [0.2, 0.25) is 4.90 Å². The van der Waals surface area contributed by atoms with Crippen LogP contribution in [0.5, 0.6) is 0 Å². The molecular weight excluding hydrogens is 262 g/mol. The molecule has 0 aromatic heterocycles. The lowest BCUT2D eigenvalue weighted by molar-refractivity contribution is 0.506. The third-order valence-corrected chi connectivity index (χ3v) is 3.79. The van der Waals surface area contributed by atoms with Gasteiger partial charge in [0, 0.05) is 22.5 Å². The van der Waals surface area contributed by atoms with Crippen LogP contribution in [0.2, 0.25) is 0 Å². The summed E-state index contributed by atoms with van der Waals surface area (Å²) in [6.07, 6.45) is 0. The number of benzene rings is 2. The summed E-state index contributed by atoms with van der Waals surface area (Å²) in [6, 6.07) is 7.71. The van der Waals surface area contributed by atoms with Crippen LogP contribution in [0.15, 0.2) is 40.1 Å². The average Bonchev–Trinajstić information content (AvgIpc) is 2.26. The zero-order valence-corrected chi connectivity index (χ0v) is 10.2. The molecule has 2 rings (SSSR count). The summed E-state index contributed by atoms with van der Waals surface area (Å²) in [5, 5.41) is 0.955. The van der Waals surface area contributed by atoms with Gasteiger partial charge in [-0.2, -0.15) is 9.11 Å². The fraction of sp³-hybridized carbons (Fsp3) is 0. The molecule has 5 nitrogen and oxygen atoms in total. The van der Waals surface area contributed by atoms with Crippen molar-refractivity contribution in [3.05, 3.63) is 30.3 Å². The maximum atomic E-state index is 11.2. The number of nitrogen functional groups attached to an aromatic ring is 1. The van der Waals surface area contributed by atoms with Gasteiger partial charge in [-0.25, -0.2) is 4.21 Å². The van der Waals surface area contributed by atoms with Crippen LogP contribution >= 0.6 is 0 Å². The molecule has 7 heteroatoms. The van der Waals surface area contributed by atoms with Crippen molar-refractivity contribution in [2.75, 3.05) is 5.73 Å². The summed E-state index contributed by atoms with van der Waals surface area (Å²) >= 11 is -4.09. The Morgan fingerprint density at radius 2 is 1.88 bits per heavy atom. The number of fused-ring (bicyclic) bond motifs is 1. The quantitative estimate of drug-likeness (QED) is 0.380. The van der Waals surface area contributed by atoms with E-state index in [0.717, 1.165) is 0 Å². The number of rotatable bonds is 2. The van der Waals surface area contributed by atoms with Crippen LogP contribution in [-0.2, 0) is 22.5 Å². The molecule has 0 radical (unpaired) electrons. The van der Waals surface area contributed by atoms with Gasteiger partial charge in [0.05, 0.1) is 4.90 Å². The van der Waals surface area contributed by atoms with Crippen molar-refractivity contribution in [3.8, 4) is 0 Å². The second-order valence-corrected chi connectivity index (χ2v) is 5.29. The first-order chi connectivity index (χ1) is 8.00. The second kappa shape index (κ2) is 4.63. The van der Waals surface area contributed by atoms with E-state index < -0.39 is 22.5 Å². The fourth-order valence-corrected chi connectivity index (χ4v) is 2.82. The highest BCUT2D eigenvalue weighted by Gasteiger charge is 2.22. The van der Waals surface area contributed by atoms with E-state index in [0.29, 0.717) is 16.5 Å². The average molecular weight is 272 g/mol. The third-order valence-electron chi connectivity index (χ3n) is 2.33. The molecule has 0 amide bonds. The Labute approximate surface area is 103 Å². The SMILES string of the molecule is Nc1cc(S(=O)O)c2cccc([S+](O)O)c2c1. The number of nitrogens with two attached hydrogens (primary N) is 1. The van der Waals surface area contributed by atoms with E-state index in [1.165, 1.54) is 12.1 Å². The van der Waals surface area contributed by atoms with Gasteiger partial charge >= 0.3 is 11.5 Å². The predicted molar refractivity (Wildman–Crippen MR) is 68.3 cm³/mol. The lowest BCUT2D eigenvalue weighted by atomic mass is 10.1. The van der Waals surface area contributed by atoms with Crippen molar-refractivity contribution in [3.63, 3.8) is 0 Å². The van der Waals surface area contributed by atoms with Gasteiger partial charge in [0.1, 0.15) is 0 Å². The molecule has 0 aliphatic heterocycles. The monoisotopic (exact) mass is 272 g/mol. The Balaban J connectivity index is 2.88. The molecule has 0 heterocycles. The summed E-state index contributed by atoms with van der Waals surface area (Å²) in [7, 11) is 0. The molecular formula is C10H10NO4S2+. The van der Waals surface area contributed by atoms with Crippen molar-refractivity contribution in [2.24, 2.45) is 0 Å². The molecule has 0 saturated carbocycles.